The largest absolute Gasteiger partial charge is 0.489 e. The third-order valence-corrected chi connectivity index (χ3v) is 8.51. The van der Waals surface area contributed by atoms with Gasteiger partial charge in [-0.3, -0.25) is 0 Å². The predicted molar refractivity (Wildman–Crippen MR) is 156 cm³/mol. The first-order valence-corrected chi connectivity index (χ1v) is 13.0. The topological polar surface area (TPSA) is 40.5 Å². The minimum absolute atomic E-state index is 0.539. The van der Waals surface area contributed by atoms with Crippen molar-refractivity contribution in [3.63, 3.8) is 0 Å². The molecule has 0 saturated carbocycles. The van der Waals surface area contributed by atoms with Crippen molar-refractivity contribution in [3.05, 3.63) is 150 Å². The second kappa shape index (κ2) is 7.78. The summed E-state index contributed by atoms with van der Waals surface area (Å²) in [4.78, 5) is 0. The normalized spacial score (nSPS) is 16.3. The summed E-state index contributed by atoms with van der Waals surface area (Å²) in [7, 11) is -1.57. The Bertz CT molecular complexity index is 1910. The summed E-state index contributed by atoms with van der Waals surface area (Å²) < 4.78 is 0. The molecule has 1 atom stereocenters. The third-order valence-electron chi connectivity index (χ3n) is 8.51. The average Bonchev–Trinajstić information content (AvgIpc) is 3.44. The summed E-state index contributed by atoms with van der Waals surface area (Å²) in [6.07, 6.45) is 0. The van der Waals surface area contributed by atoms with Crippen molar-refractivity contribution in [2.24, 2.45) is 0 Å². The molecule has 8 rings (SSSR count). The molecule has 38 heavy (non-hydrogen) atoms. The van der Waals surface area contributed by atoms with Crippen LogP contribution in [0.2, 0.25) is 0 Å². The molecule has 6 aromatic rings. The molecule has 2 N–H and O–H groups in total. The lowest BCUT2D eigenvalue weighted by Gasteiger charge is -2.31. The lowest BCUT2D eigenvalue weighted by Crippen LogP contribution is -2.33. The Balaban J connectivity index is 1.57. The molecule has 3 heteroatoms. The molecule has 0 saturated heterocycles. The molecule has 0 fully saturated rings. The van der Waals surface area contributed by atoms with Gasteiger partial charge in [0.05, 0.1) is 5.41 Å². The molecule has 0 bridgehead atoms. The lowest BCUT2D eigenvalue weighted by atomic mass is 9.67. The van der Waals surface area contributed by atoms with Crippen molar-refractivity contribution in [1.82, 2.24) is 0 Å². The first-order chi connectivity index (χ1) is 18.7. The Morgan fingerprint density at radius 3 is 1.82 bits per heavy atom. The molecule has 2 aliphatic rings. The van der Waals surface area contributed by atoms with Crippen molar-refractivity contribution in [2.75, 3.05) is 0 Å². The number of hydrogen-bond donors (Lipinski definition) is 2. The van der Waals surface area contributed by atoms with Crippen molar-refractivity contribution < 1.29 is 10.0 Å². The van der Waals surface area contributed by atoms with Gasteiger partial charge in [0.2, 0.25) is 0 Å². The van der Waals surface area contributed by atoms with Gasteiger partial charge in [0.1, 0.15) is 0 Å². The average molecular weight is 486 g/mol. The highest BCUT2D eigenvalue weighted by Crippen LogP contribution is 2.63. The van der Waals surface area contributed by atoms with Gasteiger partial charge in [-0.1, -0.05) is 121 Å². The summed E-state index contributed by atoms with van der Waals surface area (Å²) in [5.74, 6) is 0. The van der Waals surface area contributed by atoms with Crippen molar-refractivity contribution in [1.29, 1.82) is 0 Å². The Kier molecular flexibility index (Phi) is 4.43. The fraction of sp³-hybridized carbons (Fsp3) is 0.0286. The standard InChI is InChI=1S/C35H23BO2/c37-36(38)33-21-32-34(27-14-5-4-13-26(27)33)28-15-7-9-17-30(28)35(32)29-16-8-6-12-24(29)25-19-18-23(20-31(25)35)22-10-2-1-3-11-22/h1-21,37-38H. The maximum Gasteiger partial charge on any atom is 0.489 e. The maximum atomic E-state index is 10.5. The van der Waals surface area contributed by atoms with E-state index in [1.165, 1.54) is 50.1 Å². The number of hydrogen-bond acceptors (Lipinski definition) is 2. The van der Waals surface area contributed by atoms with E-state index in [0.717, 1.165) is 16.3 Å². The minimum atomic E-state index is -1.57. The van der Waals surface area contributed by atoms with E-state index in [0.29, 0.717) is 5.46 Å². The fourth-order valence-corrected chi connectivity index (χ4v) is 7.05. The van der Waals surface area contributed by atoms with E-state index >= 15 is 0 Å². The first-order valence-electron chi connectivity index (χ1n) is 13.0. The van der Waals surface area contributed by atoms with Crippen LogP contribution in [0.4, 0.5) is 0 Å². The summed E-state index contributed by atoms with van der Waals surface area (Å²) in [5, 5.41) is 23.0. The van der Waals surface area contributed by atoms with Gasteiger partial charge in [0.25, 0.3) is 0 Å². The van der Waals surface area contributed by atoms with Crippen LogP contribution in [0.15, 0.2) is 127 Å². The summed E-state index contributed by atoms with van der Waals surface area (Å²) in [5.41, 5.74) is 12.0. The molecule has 0 radical (unpaired) electrons. The van der Waals surface area contributed by atoms with E-state index in [2.05, 4.69) is 97.1 Å². The predicted octanol–water partition coefficient (Wildman–Crippen LogP) is 6.53. The molecule has 0 aliphatic heterocycles. The quantitative estimate of drug-likeness (QED) is 0.273. The zero-order valence-corrected chi connectivity index (χ0v) is 20.6. The van der Waals surface area contributed by atoms with E-state index < -0.39 is 12.5 Å². The van der Waals surface area contributed by atoms with Crippen LogP contribution in [-0.2, 0) is 5.41 Å². The van der Waals surface area contributed by atoms with Gasteiger partial charge in [-0.05, 0) is 77.9 Å². The molecular formula is C35H23BO2. The summed E-state index contributed by atoms with van der Waals surface area (Å²) in [6.45, 7) is 0. The van der Waals surface area contributed by atoms with Crippen LogP contribution in [0.25, 0.3) is 44.2 Å². The number of benzene rings is 6. The number of rotatable bonds is 2. The molecule has 2 nitrogen and oxygen atoms in total. The molecule has 0 aromatic heterocycles. The van der Waals surface area contributed by atoms with Gasteiger partial charge in [0.15, 0.2) is 0 Å². The van der Waals surface area contributed by atoms with E-state index in [9.17, 15) is 10.0 Å². The molecule has 1 spiro atoms. The monoisotopic (exact) mass is 486 g/mol. The van der Waals surface area contributed by atoms with Gasteiger partial charge in [-0.25, -0.2) is 0 Å². The SMILES string of the molecule is OB(O)c1cc2c(c3ccccc13)-c1ccccc1C21c2ccccc2-c2ccc(-c3ccccc3)cc21. The second-order valence-electron chi connectivity index (χ2n) is 10.3. The van der Waals surface area contributed by atoms with Crippen molar-refractivity contribution >= 4 is 23.4 Å². The Labute approximate surface area is 221 Å². The molecule has 6 aromatic carbocycles. The Hall–Kier alpha value is -4.44. The summed E-state index contributed by atoms with van der Waals surface area (Å²) >= 11 is 0. The molecule has 0 heterocycles. The van der Waals surface area contributed by atoms with Crippen molar-refractivity contribution in [2.45, 2.75) is 5.41 Å². The van der Waals surface area contributed by atoms with Crippen LogP contribution in [0.3, 0.4) is 0 Å². The van der Waals surface area contributed by atoms with Crippen LogP contribution in [0.5, 0.6) is 0 Å². The van der Waals surface area contributed by atoms with E-state index in [1.807, 2.05) is 30.3 Å². The molecule has 2 aliphatic carbocycles. The van der Waals surface area contributed by atoms with Gasteiger partial charge in [-0.15, -0.1) is 0 Å². The number of fused-ring (bicyclic) bond motifs is 12. The highest BCUT2D eigenvalue weighted by atomic mass is 16.4. The third kappa shape index (κ3) is 2.65. The van der Waals surface area contributed by atoms with Gasteiger partial charge in [0, 0.05) is 0 Å². The zero-order valence-electron chi connectivity index (χ0n) is 20.6. The van der Waals surface area contributed by atoms with Crippen LogP contribution in [0, 0.1) is 0 Å². The van der Waals surface area contributed by atoms with Gasteiger partial charge >= 0.3 is 7.12 Å². The fourth-order valence-electron chi connectivity index (χ4n) is 7.05. The van der Waals surface area contributed by atoms with Crippen LogP contribution >= 0.6 is 0 Å². The first kappa shape index (κ1) is 21.6. The Morgan fingerprint density at radius 2 is 1.05 bits per heavy atom. The van der Waals surface area contributed by atoms with Gasteiger partial charge < -0.3 is 10.0 Å². The molecule has 0 amide bonds. The molecule has 1 unspecified atom stereocenters. The highest BCUT2D eigenvalue weighted by Gasteiger charge is 2.52. The maximum absolute atomic E-state index is 10.5. The lowest BCUT2D eigenvalue weighted by molar-refractivity contribution is 0.426. The highest BCUT2D eigenvalue weighted by molar-refractivity contribution is 6.62. The smallest absolute Gasteiger partial charge is 0.423 e. The van der Waals surface area contributed by atoms with E-state index in [-0.39, 0.29) is 0 Å². The zero-order chi connectivity index (χ0) is 25.4. The van der Waals surface area contributed by atoms with Crippen LogP contribution in [0.1, 0.15) is 22.3 Å². The van der Waals surface area contributed by atoms with Crippen LogP contribution < -0.4 is 5.46 Å². The van der Waals surface area contributed by atoms with Crippen LogP contribution in [-0.4, -0.2) is 17.2 Å². The van der Waals surface area contributed by atoms with E-state index in [4.69, 9.17) is 0 Å². The second-order valence-corrected chi connectivity index (χ2v) is 10.3. The van der Waals surface area contributed by atoms with E-state index in [1.54, 1.807) is 0 Å². The summed E-state index contributed by atoms with van der Waals surface area (Å²) in [6, 6.07) is 44.9. The minimum Gasteiger partial charge on any atom is -0.423 e. The molecule has 178 valence electrons. The molecular weight excluding hydrogens is 463 g/mol. The van der Waals surface area contributed by atoms with Crippen molar-refractivity contribution in [3.8, 4) is 33.4 Å². The Morgan fingerprint density at radius 1 is 0.447 bits per heavy atom. The van der Waals surface area contributed by atoms with Gasteiger partial charge in [-0.2, -0.15) is 0 Å².